The van der Waals surface area contributed by atoms with Crippen molar-refractivity contribution in [1.29, 1.82) is 0 Å². The molecule has 0 bridgehead atoms. The van der Waals surface area contributed by atoms with Gasteiger partial charge in [0.25, 0.3) is 5.56 Å². The average molecular weight is 427 g/mol. The molecule has 1 aliphatic heterocycles. The number of hydrogen-bond donors (Lipinski definition) is 1. The highest BCUT2D eigenvalue weighted by molar-refractivity contribution is 7.99. The lowest BCUT2D eigenvalue weighted by molar-refractivity contribution is -0.118. The van der Waals surface area contributed by atoms with Gasteiger partial charge in [-0.05, 0) is 36.8 Å². The Hall–Kier alpha value is -3.27. The number of thioether (sulfide) groups is 1. The molecular weight excluding hydrogens is 406 g/mol. The van der Waals surface area contributed by atoms with Crippen molar-refractivity contribution >= 4 is 17.7 Å². The van der Waals surface area contributed by atoms with E-state index in [1.165, 1.54) is 11.8 Å². The van der Waals surface area contributed by atoms with Crippen LogP contribution in [0.4, 0.5) is 0 Å². The Labute approximate surface area is 177 Å². The summed E-state index contributed by atoms with van der Waals surface area (Å²) in [6.07, 6.45) is 1.74. The maximum atomic E-state index is 12.5. The highest BCUT2D eigenvalue weighted by atomic mass is 32.2. The molecule has 0 aliphatic carbocycles. The highest BCUT2D eigenvalue weighted by Crippen LogP contribution is 2.32. The minimum Gasteiger partial charge on any atom is -0.454 e. The molecule has 0 saturated heterocycles. The Morgan fingerprint density at radius 2 is 2.07 bits per heavy atom. The zero-order valence-electron chi connectivity index (χ0n) is 16.6. The highest BCUT2D eigenvalue weighted by Gasteiger charge is 2.17. The van der Waals surface area contributed by atoms with E-state index in [-0.39, 0.29) is 24.0 Å². The maximum Gasteiger partial charge on any atom is 0.261 e. The van der Waals surface area contributed by atoms with Crippen LogP contribution in [0.5, 0.6) is 11.5 Å². The lowest BCUT2D eigenvalue weighted by Crippen LogP contribution is -2.24. The van der Waals surface area contributed by atoms with Gasteiger partial charge >= 0.3 is 0 Å². The summed E-state index contributed by atoms with van der Waals surface area (Å²) in [6, 6.07) is 9.11. The van der Waals surface area contributed by atoms with Crippen molar-refractivity contribution in [1.82, 2.24) is 24.6 Å². The number of hydrogen-bond acceptors (Lipinski definition) is 7. The van der Waals surface area contributed by atoms with Crippen molar-refractivity contribution < 1.29 is 14.3 Å². The standard InChI is InChI=1S/C20H21N5O4S/c1-3-25-8-4-5-14(19(25)27)18-22-23-20(24(18)2)30-11-17(26)21-10-13-6-7-15-16(9-13)29-12-28-15/h4-9H,3,10-12H2,1-2H3,(H,21,26). The Bertz CT molecular complexity index is 1140. The molecule has 0 radical (unpaired) electrons. The number of carbonyl (C=O) groups excluding carboxylic acids is 1. The van der Waals surface area contributed by atoms with Gasteiger partial charge in [0.1, 0.15) is 0 Å². The molecule has 1 amide bonds. The van der Waals surface area contributed by atoms with Crippen molar-refractivity contribution in [2.45, 2.75) is 25.2 Å². The second-order valence-electron chi connectivity index (χ2n) is 6.63. The normalized spacial score (nSPS) is 12.2. The topological polar surface area (TPSA) is 100 Å². The van der Waals surface area contributed by atoms with E-state index in [0.717, 1.165) is 5.56 Å². The summed E-state index contributed by atoms with van der Waals surface area (Å²) in [5.74, 6) is 1.93. The van der Waals surface area contributed by atoms with Gasteiger partial charge in [0.2, 0.25) is 12.7 Å². The molecule has 0 fully saturated rings. The van der Waals surface area contributed by atoms with Gasteiger partial charge in [-0.15, -0.1) is 10.2 Å². The van der Waals surface area contributed by atoms with Gasteiger partial charge < -0.3 is 23.9 Å². The molecule has 1 N–H and O–H groups in total. The van der Waals surface area contributed by atoms with E-state index in [1.54, 1.807) is 28.4 Å². The zero-order valence-corrected chi connectivity index (χ0v) is 17.4. The predicted octanol–water partition coefficient (Wildman–Crippen LogP) is 1.80. The third kappa shape index (κ3) is 4.04. The first kappa shape index (κ1) is 20.0. The number of fused-ring (bicyclic) bond motifs is 1. The Morgan fingerprint density at radius 1 is 1.23 bits per heavy atom. The van der Waals surface area contributed by atoms with Gasteiger partial charge in [0.05, 0.1) is 11.3 Å². The van der Waals surface area contributed by atoms with Crippen LogP contribution in [-0.4, -0.2) is 37.8 Å². The first-order chi connectivity index (χ1) is 14.6. The van der Waals surface area contributed by atoms with Crippen molar-refractivity contribution in [3.63, 3.8) is 0 Å². The van der Waals surface area contributed by atoms with E-state index < -0.39 is 0 Å². The minimum atomic E-state index is -0.129. The van der Waals surface area contributed by atoms with E-state index in [4.69, 9.17) is 9.47 Å². The van der Waals surface area contributed by atoms with Crippen LogP contribution in [0.25, 0.3) is 11.4 Å². The van der Waals surface area contributed by atoms with Crippen LogP contribution in [0, 0.1) is 0 Å². The molecule has 30 heavy (non-hydrogen) atoms. The quantitative estimate of drug-likeness (QED) is 0.574. The largest absolute Gasteiger partial charge is 0.454 e. The number of pyridine rings is 1. The van der Waals surface area contributed by atoms with Gasteiger partial charge in [0.15, 0.2) is 22.5 Å². The SMILES string of the molecule is CCn1cccc(-c2nnc(SCC(=O)NCc3ccc4c(c3)OCO4)n2C)c1=O. The third-order valence-electron chi connectivity index (χ3n) is 4.70. The fraction of sp³-hybridized carbons (Fsp3) is 0.300. The molecule has 0 unspecified atom stereocenters. The second-order valence-corrected chi connectivity index (χ2v) is 7.57. The summed E-state index contributed by atoms with van der Waals surface area (Å²) in [4.78, 5) is 24.8. The molecule has 2 aromatic heterocycles. The molecule has 9 nitrogen and oxygen atoms in total. The fourth-order valence-corrected chi connectivity index (χ4v) is 3.80. The Kier molecular flexibility index (Phi) is 5.75. The van der Waals surface area contributed by atoms with E-state index in [9.17, 15) is 9.59 Å². The Morgan fingerprint density at radius 3 is 2.90 bits per heavy atom. The molecule has 156 valence electrons. The van der Waals surface area contributed by atoms with Crippen LogP contribution in [0.1, 0.15) is 12.5 Å². The minimum absolute atomic E-state index is 0.117. The first-order valence-electron chi connectivity index (χ1n) is 9.44. The molecule has 4 rings (SSSR count). The lowest BCUT2D eigenvalue weighted by atomic mass is 10.2. The number of amides is 1. The molecule has 3 aromatic rings. The molecule has 3 heterocycles. The summed E-state index contributed by atoms with van der Waals surface area (Å²) < 4.78 is 14.0. The van der Waals surface area contributed by atoms with Gasteiger partial charge in [-0.1, -0.05) is 17.8 Å². The third-order valence-corrected chi connectivity index (χ3v) is 5.72. The van der Waals surface area contributed by atoms with Gasteiger partial charge in [-0.3, -0.25) is 9.59 Å². The summed E-state index contributed by atoms with van der Waals surface area (Å²) >= 11 is 1.27. The molecule has 0 saturated carbocycles. The lowest BCUT2D eigenvalue weighted by Gasteiger charge is -2.07. The van der Waals surface area contributed by atoms with Crippen LogP contribution < -0.4 is 20.3 Å². The van der Waals surface area contributed by atoms with Crippen LogP contribution in [0.3, 0.4) is 0 Å². The summed E-state index contributed by atoms with van der Waals surface area (Å²) in [5, 5.41) is 11.7. The molecule has 1 aromatic carbocycles. The van der Waals surface area contributed by atoms with Gasteiger partial charge in [0, 0.05) is 26.3 Å². The van der Waals surface area contributed by atoms with E-state index in [1.807, 2.05) is 31.2 Å². The molecular formula is C20H21N5O4S. The molecule has 0 spiro atoms. The van der Waals surface area contributed by atoms with Crippen molar-refractivity contribution in [3.05, 3.63) is 52.4 Å². The monoisotopic (exact) mass is 427 g/mol. The van der Waals surface area contributed by atoms with Crippen molar-refractivity contribution in [2.24, 2.45) is 7.05 Å². The zero-order chi connectivity index (χ0) is 21.1. The number of ether oxygens (including phenoxy) is 2. The Balaban J connectivity index is 1.36. The number of nitrogens with zero attached hydrogens (tertiary/aromatic N) is 4. The van der Waals surface area contributed by atoms with E-state index in [0.29, 0.717) is 41.1 Å². The fourth-order valence-electron chi connectivity index (χ4n) is 3.06. The molecule has 0 atom stereocenters. The molecule has 10 heteroatoms. The number of rotatable bonds is 7. The van der Waals surface area contributed by atoms with Crippen LogP contribution in [0.2, 0.25) is 0 Å². The smallest absolute Gasteiger partial charge is 0.261 e. The van der Waals surface area contributed by atoms with Crippen molar-refractivity contribution in [2.75, 3.05) is 12.5 Å². The average Bonchev–Trinajstić information content (AvgIpc) is 3.37. The van der Waals surface area contributed by atoms with Crippen LogP contribution >= 0.6 is 11.8 Å². The summed E-state index contributed by atoms with van der Waals surface area (Å²) in [5.41, 5.74) is 1.29. The molecule has 1 aliphatic rings. The number of aryl methyl sites for hydroxylation is 1. The van der Waals surface area contributed by atoms with Crippen molar-refractivity contribution in [3.8, 4) is 22.9 Å². The van der Waals surface area contributed by atoms with Gasteiger partial charge in [-0.25, -0.2) is 0 Å². The predicted molar refractivity (Wildman–Crippen MR) is 112 cm³/mol. The van der Waals surface area contributed by atoms with E-state index in [2.05, 4.69) is 15.5 Å². The van der Waals surface area contributed by atoms with Crippen LogP contribution in [-0.2, 0) is 24.9 Å². The van der Waals surface area contributed by atoms with Crippen LogP contribution in [0.15, 0.2) is 46.5 Å². The summed E-state index contributed by atoms with van der Waals surface area (Å²) in [6.45, 7) is 3.10. The van der Waals surface area contributed by atoms with Gasteiger partial charge in [-0.2, -0.15) is 0 Å². The first-order valence-corrected chi connectivity index (χ1v) is 10.4. The summed E-state index contributed by atoms with van der Waals surface area (Å²) in [7, 11) is 1.78. The second kappa shape index (κ2) is 8.62. The number of carbonyl (C=O) groups is 1. The number of nitrogens with one attached hydrogen (secondary N) is 1. The van der Waals surface area contributed by atoms with E-state index >= 15 is 0 Å². The number of aromatic nitrogens is 4. The number of benzene rings is 1. The maximum absolute atomic E-state index is 12.5.